The number of carboxylic acids is 1. The maximum absolute atomic E-state index is 13.2. The fraction of sp³-hybridized carbons (Fsp3) is 0.259. The van der Waals surface area contributed by atoms with Gasteiger partial charge in [-0.15, -0.1) is 0 Å². The van der Waals surface area contributed by atoms with Crippen molar-refractivity contribution in [2.45, 2.75) is 42.5 Å². The molecule has 2 atom stereocenters. The van der Waals surface area contributed by atoms with Crippen molar-refractivity contribution in [3.05, 3.63) is 83.9 Å². The van der Waals surface area contributed by atoms with E-state index in [1.165, 1.54) is 16.4 Å². The highest BCUT2D eigenvalue weighted by molar-refractivity contribution is 7.89. The molecule has 2 aliphatic rings. The van der Waals surface area contributed by atoms with Crippen LogP contribution in [-0.4, -0.2) is 42.3 Å². The van der Waals surface area contributed by atoms with Gasteiger partial charge < -0.3 is 10.4 Å². The summed E-state index contributed by atoms with van der Waals surface area (Å²) in [4.78, 5) is 24.6. The number of aliphatic carboxylic acids is 1. The van der Waals surface area contributed by atoms with E-state index in [9.17, 15) is 23.1 Å². The Morgan fingerprint density at radius 3 is 2.43 bits per heavy atom. The van der Waals surface area contributed by atoms with Crippen LogP contribution in [0.3, 0.4) is 0 Å². The van der Waals surface area contributed by atoms with E-state index in [1.807, 2.05) is 42.5 Å². The van der Waals surface area contributed by atoms with Crippen LogP contribution < -0.4 is 5.32 Å². The van der Waals surface area contributed by atoms with E-state index in [1.54, 1.807) is 18.2 Å². The number of nitrogens with one attached hydrogen (secondary N) is 1. The highest BCUT2D eigenvalue weighted by atomic mass is 32.2. The van der Waals surface area contributed by atoms with Gasteiger partial charge >= 0.3 is 5.97 Å². The van der Waals surface area contributed by atoms with Crippen molar-refractivity contribution in [3.63, 3.8) is 0 Å². The lowest BCUT2D eigenvalue weighted by Gasteiger charge is -2.23. The Kier molecular flexibility index (Phi) is 6.17. The van der Waals surface area contributed by atoms with Crippen LogP contribution in [0.25, 0.3) is 11.1 Å². The van der Waals surface area contributed by atoms with Gasteiger partial charge in [-0.05, 0) is 65.8 Å². The van der Waals surface area contributed by atoms with E-state index < -0.39 is 22.0 Å². The lowest BCUT2D eigenvalue weighted by Crippen LogP contribution is -2.43. The van der Waals surface area contributed by atoms with Gasteiger partial charge in [0.05, 0.1) is 4.90 Å². The average molecular weight is 491 g/mol. The van der Waals surface area contributed by atoms with E-state index in [0.29, 0.717) is 31.5 Å². The molecule has 0 saturated carbocycles. The molecule has 180 valence electrons. The molecular weight excluding hydrogens is 464 g/mol. The van der Waals surface area contributed by atoms with Gasteiger partial charge in [0, 0.05) is 24.6 Å². The molecular formula is C27H26N2O5S. The Balaban J connectivity index is 1.39. The molecule has 8 heteroatoms. The number of sulfonamides is 1. The van der Waals surface area contributed by atoms with Crippen molar-refractivity contribution < 1.29 is 23.1 Å². The summed E-state index contributed by atoms with van der Waals surface area (Å²) in [6.07, 6.45) is 1.57. The fourth-order valence-corrected chi connectivity index (χ4v) is 6.89. The Morgan fingerprint density at radius 2 is 1.66 bits per heavy atom. The molecule has 1 aliphatic heterocycles. The number of hydrogen-bond donors (Lipinski definition) is 2. The molecule has 1 amide bonds. The number of anilines is 1. The zero-order valence-electron chi connectivity index (χ0n) is 19.1. The minimum absolute atomic E-state index is 0.0450. The van der Waals surface area contributed by atoms with E-state index >= 15 is 0 Å². The smallest absolute Gasteiger partial charge is 0.303 e. The van der Waals surface area contributed by atoms with Gasteiger partial charge in [0.25, 0.3) is 0 Å². The predicted octanol–water partition coefficient (Wildman–Crippen LogP) is 4.46. The molecule has 2 N–H and O–H groups in total. The Hall–Kier alpha value is -3.49. The molecule has 3 aromatic carbocycles. The zero-order valence-corrected chi connectivity index (χ0v) is 19.9. The Bertz CT molecular complexity index is 1390. The molecule has 1 heterocycles. The van der Waals surface area contributed by atoms with Gasteiger partial charge in [-0.25, -0.2) is 8.42 Å². The minimum atomic E-state index is -3.78. The first-order chi connectivity index (χ1) is 16.9. The number of nitrogens with zero attached hydrogens (tertiary/aromatic N) is 1. The summed E-state index contributed by atoms with van der Waals surface area (Å²) in [7, 11) is -3.78. The van der Waals surface area contributed by atoms with Crippen molar-refractivity contribution in [1.82, 2.24) is 4.31 Å². The summed E-state index contributed by atoms with van der Waals surface area (Å²) in [5.41, 5.74) is 4.74. The molecule has 0 bridgehead atoms. The van der Waals surface area contributed by atoms with Crippen LogP contribution in [0, 0.1) is 0 Å². The molecule has 35 heavy (non-hydrogen) atoms. The normalized spacial score (nSPS) is 19.2. The maximum Gasteiger partial charge on any atom is 0.303 e. The highest BCUT2D eigenvalue weighted by Gasteiger charge is 2.39. The molecule has 7 nitrogen and oxygen atoms in total. The molecule has 0 aromatic heterocycles. The van der Waals surface area contributed by atoms with Crippen LogP contribution in [0.4, 0.5) is 5.69 Å². The maximum atomic E-state index is 13.2. The number of rotatable bonds is 7. The summed E-state index contributed by atoms with van der Waals surface area (Å²) in [6.45, 7) is 0.298. The summed E-state index contributed by atoms with van der Waals surface area (Å²) in [5.74, 6) is -1.28. The van der Waals surface area contributed by atoms with Gasteiger partial charge in [0.2, 0.25) is 15.9 Å². The van der Waals surface area contributed by atoms with E-state index in [0.717, 1.165) is 22.3 Å². The van der Waals surface area contributed by atoms with E-state index in [-0.39, 0.29) is 23.1 Å². The highest BCUT2D eigenvalue weighted by Crippen LogP contribution is 2.47. The second kappa shape index (κ2) is 9.28. The average Bonchev–Trinajstić information content (AvgIpc) is 3.47. The number of benzene rings is 3. The third-order valence-corrected chi connectivity index (χ3v) is 8.75. The molecule has 1 saturated heterocycles. The van der Waals surface area contributed by atoms with Crippen molar-refractivity contribution in [3.8, 4) is 11.1 Å². The first-order valence-electron chi connectivity index (χ1n) is 11.7. The lowest BCUT2D eigenvalue weighted by molar-refractivity contribution is -0.137. The van der Waals surface area contributed by atoms with Gasteiger partial charge in [-0.3, -0.25) is 9.59 Å². The van der Waals surface area contributed by atoms with Crippen LogP contribution in [-0.2, 0) is 19.6 Å². The predicted molar refractivity (Wildman–Crippen MR) is 133 cm³/mol. The largest absolute Gasteiger partial charge is 0.481 e. The molecule has 5 rings (SSSR count). The monoisotopic (exact) mass is 490 g/mol. The van der Waals surface area contributed by atoms with Gasteiger partial charge in [-0.1, -0.05) is 48.5 Å². The van der Waals surface area contributed by atoms with Crippen molar-refractivity contribution in [1.29, 1.82) is 0 Å². The standard InChI is InChI=1S/C27H26N2O5S/c30-26(31)15-14-23-21-10-5-4-9-20(21)22-13-12-18(17-24(22)23)28-27(32)25-11-6-16-29(25)35(33,34)19-7-2-1-3-8-19/h1-5,7-10,12-13,17,23,25H,6,11,14-16H2,(H,28,32)(H,30,31)/t23?,25-/m1/s1. The first-order valence-corrected chi connectivity index (χ1v) is 13.1. The van der Waals surface area contributed by atoms with Crippen molar-refractivity contribution in [2.24, 2.45) is 0 Å². The number of hydrogen-bond acceptors (Lipinski definition) is 4. The third kappa shape index (κ3) is 4.35. The molecule has 1 unspecified atom stereocenters. The SMILES string of the molecule is O=C(O)CCC1c2ccccc2-c2ccc(NC(=O)[C@H]3CCCN3S(=O)(=O)c3ccccc3)cc21. The van der Waals surface area contributed by atoms with Crippen LogP contribution in [0.1, 0.15) is 42.7 Å². The minimum Gasteiger partial charge on any atom is -0.481 e. The number of carbonyl (C=O) groups excluding carboxylic acids is 1. The fourth-order valence-electron chi connectivity index (χ4n) is 5.21. The summed E-state index contributed by atoms with van der Waals surface area (Å²) in [6, 6.07) is 21.0. The molecule has 1 aliphatic carbocycles. The quantitative estimate of drug-likeness (QED) is 0.509. The summed E-state index contributed by atoms with van der Waals surface area (Å²) < 4.78 is 27.6. The third-order valence-electron chi connectivity index (χ3n) is 6.82. The number of carboxylic acid groups (broad SMARTS) is 1. The summed E-state index contributed by atoms with van der Waals surface area (Å²) >= 11 is 0. The molecule has 0 radical (unpaired) electrons. The van der Waals surface area contributed by atoms with Gasteiger partial charge in [0.15, 0.2) is 0 Å². The first kappa shape index (κ1) is 23.3. The second-order valence-corrected chi connectivity index (χ2v) is 10.8. The van der Waals surface area contributed by atoms with Gasteiger partial charge in [0.1, 0.15) is 6.04 Å². The second-order valence-electron chi connectivity index (χ2n) is 8.95. The summed E-state index contributed by atoms with van der Waals surface area (Å²) in [5, 5.41) is 12.1. The van der Waals surface area contributed by atoms with Crippen LogP contribution in [0.5, 0.6) is 0 Å². The van der Waals surface area contributed by atoms with Crippen molar-refractivity contribution >= 4 is 27.6 Å². The Labute approximate surface area is 204 Å². The van der Waals surface area contributed by atoms with Crippen LogP contribution in [0.15, 0.2) is 77.7 Å². The molecule has 0 spiro atoms. The number of carbonyl (C=O) groups is 2. The molecule has 3 aromatic rings. The van der Waals surface area contributed by atoms with E-state index in [2.05, 4.69) is 5.32 Å². The van der Waals surface area contributed by atoms with Crippen LogP contribution >= 0.6 is 0 Å². The topological polar surface area (TPSA) is 104 Å². The Morgan fingerprint density at radius 1 is 0.943 bits per heavy atom. The lowest BCUT2D eigenvalue weighted by atomic mass is 9.92. The van der Waals surface area contributed by atoms with Crippen molar-refractivity contribution in [2.75, 3.05) is 11.9 Å². The zero-order chi connectivity index (χ0) is 24.6. The number of fused-ring (bicyclic) bond motifs is 3. The molecule has 1 fully saturated rings. The number of amides is 1. The van der Waals surface area contributed by atoms with E-state index in [4.69, 9.17) is 0 Å². The van der Waals surface area contributed by atoms with Crippen LogP contribution in [0.2, 0.25) is 0 Å². The van der Waals surface area contributed by atoms with Gasteiger partial charge in [-0.2, -0.15) is 4.31 Å².